The molecule has 3 rings (SSSR count). The molecule has 2 heterocycles. The Morgan fingerprint density at radius 2 is 2.30 bits per heavy atom. The molecule has 1 amide bonds. The van der Waals surface area contributed by atoms with Crippen LogP contribution in [0.3, 0.4) is 0 Å². The van der Waals surface area contributed by atoms with Gasteiger partial charge < -0.3 is 9.73 Å². The Labute approximate surface area is 118 Å². The molecule has 2 atom stereocenters. The molecular formula is C15H19N3O2. The van der Waals surface area contributed by atoms with Gasteiger partial charge in [0.25, 0.3) is 0 Å². The predicted octanol–water partition coefficient (Wildman–Crippen LogP) is 2.71. The molecule has 0 aliphatic heterocycles. The van der Waals surface area contributed by atoms with Crippen molar-refractivity contribution < 1.29 is 9.21 Å². The van der Waals surface area contributed by atoms with Gasteiger partial charge in [-0.2, -0.15) is 5.10 Å². The highest BCUT2D eigenvalue weighted by Crippen LogP contribution is 2.47. The predicted molar refractivity (Wildman–Crippen MR) is 75.4 cm³/mol. The standard InChI is InChI=1S/C15H19N3O2/c1-10-9-12(10)13-5-3-11(20-13)4-6-15(19)16-14-7-8-18(2)17-14/h3,5,7-8,10,12H,4,6,9H2,1-2H3,(H,16,17,19)/t10-,12+/m0/s1. The summed E-state index contributed by atoms with van der Waals surface area (Å²) in [7, 11) is 1.82. The Kier molecular flexibility index (Phi) is 3.34. The van der Waals surface area contributed by atoms with Crippen LogP contribution in [0.15, 0.2) is 28.8 Å². The summed E-state index contributed by atoms with van der Waals surface area (Å²) in [6.07, 6.45) is 4.04. The fourth-order valence-electron chi connectivity index (χ4n) is 2.37. The fraction of sp³-hybridized carbons (Fsp3) is 0.467. The van der Waals surface area contributed by atoms with E-state index in [0.29, 0.717) is 24.6 Å². The van der Waals surface area contributed by atoms with E-state index in [-0.39, 0.29) is 5.91 Å². The van der Waals surface area contributed by atoms with Crippen molar-refractivity contribution in [2.75, 3.05) is 5.32 Å². The highest BCUT2D eigenvalue weighted by Gasteiger charge is 2.36. The molecule has 106 valence electrons. The fourth-order valence-corrected chi connectivity index (χ4v) is 2.37. The van der Waals surface area contributed by atoms with Crippen molar-refractivity contribution in [1.29, 1.82) is 0 Å². The van der Waals surface area contributed by atoms with E-state index < -0.39 is 0 Å². The van der Waals surface area contributed by atoms with Crippen molar-refractivity contribution >= 4 is 11.7 Å². The van der Waals surface area contributed by atoms with Gasteiger partial charge in [-0.1, -0.05) is 6.92 Å². The number of hydrogen-bond acceptors (Lipinski definition) is 3. The first-order chi connectivity index (χ1) is 9.61. The van der Waals surface area contributed by atoms with Gasteiger partial charge in [0.1, 0.15) is 11.5 Å². The van der Waals surface area contributed by atoms with Gasteiger partial charge in [0.05, 0.1) is 0 Å². The van der Waals surface area contributed by atoms with E-state index in [0.717, 1.165) is 17.4 Å². The van der Waals surface area contributed by atoms with Crippen molar-refractivity contribution in [3.05, 3.63) is 35.9 Å². The second-order valence-electron chi connectivity index (χ2n) is 5.55. The number of carbonyl (C=O) groups excluding carboxylic acids is 1. The zero-order valence-corrected chi connectivity index (χ0v) is 11.8. The number of aryl methyl sites for hydroxylation is 2. The summed E-state index contributed by atoms with van der Waals surface area (Å²) in [4.78, 5) is 11.8. The van der Waals surface area contributed by atoms with Crippen LogP contribution in [0.5, 0.6) is 0 Å². The largest absolute Gasteiger partial charge is 0.466 e. The zero-order valence-electron chi connectivity index (χ0n) is 11.8. The Hall–Kier alpha value is -2.04. The van der Waals surface area contributed by atoms with Gasteiger partial charge >= 0.3 is 0 Å². The zero-order chi connectivity index (χ0) is 14.1. The smallest absolute Gasteiger partial charge is 0.226 e. The number of anilines is 1. The van der Waals surface area contributed by atoms with Crippen LogP contribution in [0, 0.1) is 5.92 Å². The van der Waals surface area contributed by atoms with Crippen LogP contribution in [0.1, 0.15) is 37.2 Å². The molecule has 1 aliphatic rings. The van der Waals surface area contributed by atoms with Crippen LogP contribution >= 0.6 is 0 Å². The molecular weight excluding hydrogens is 254 g/mol. The third-order valence-corrected chi connectivity index (χ3v) is 3.74. The Bertz CT molecular complexity index is 614. The molecule has 1 N–H and O–H groups in total. The second kappa shape index (κ2) is 5.15. The average Bonchev–Trinajstić information content (AvgIpc) is 2.82. The molecule has 0 unspecified atom stereocenters. The Morgan fingerprint density at radius 1 is 1.50 bits per heavy atom. The lowest BCUT2D eigenvalue weighted by atomic mass is 10.2. The molecule has 1 saturated carbocycles. The minimum atomic E-state index is -0.0403. The molecule has 0 radical (unpaired) electrons. The molecule has 2 aromatic heterocycles. The lowest BCUT2D eigenvalue weighted by Crippen LogP contribution is -2.12. The minimum Gasteiger partial charge on any atom is -0.466 e. The number of carbonyl (C=O) groups is 1. The Balaban J connectivity index is 1.49. The lowest BCUT2D eigenvalue weighted by molar-refractivity contribution is -0.116. The van der Waals surface area contributed by atoms with Crippen molar-refractivity contribution in [1.82, 2.24) is 9.78 Å². The lowest BCUT2D eigenvalue weighted by Gasteiger charge is -2.00. The number of hydrogen-bond donors (Lipinski definition) is 1. The van der Waals surface area contributed by atoms with Gasteiger partial charge in [0.15, 0.2) is 5.82 Å². The molecule has 5 nitrogen and oxygen atoms in total. The van der Waals surface area contributed by atoms with Crippen LogP contribution in [-0.4, -0.2) is 15.7 Å². The summed E-state index contributed by atoms with van der Waals surface area (Å²) in [5.41, 5.74) is 0. The van der Waals surface area contributed by atoms with Gasteiger partial charge in [-0.05, 0) is 24.5 Å². The van der Waals surface area contributed by atoms with Crippen LogP contribution in [0.4, 0.5) is 5.82 Å². The first-order valence-corrected chi connectivity index (χ1v) is 7.00. The summed E-state index contributed by atoms with van der Waals surface area (Å²) in [6.45, 7) is 2.23. The first-order valence-electron chi connectivity index (χ1n) is 7.00. The number of aromatic nitrogens is 2. The highest BCUT2D eigenvalue weighted by molar-refractivity contribution is 5.89. The van der Waals surface area contributed by atoms with E-state index in [2.05, 4.69) is 17.3 Å². The summed E-state index contributed by atoms with van der Waals surface area (Å²) in [5.74, 6) is 3.83. The monoisotopic (exact) mass is 273 g/mol. The number of amides is 1. The first kappa shape index (κ1) is 13.0. The van der Waals surface area contributed by atoms with Crippen LogP contribution in [0.2, 0.25) is 0 Å². The van der Waals surface area contributed by atoms with Crippen LogP contribution < -0.4 is 5.32 Å². The van der Waals surface area contributed by atoms with Crippen LogP contribution in [0.25, 0.3) is 0 Å². The van der Waals surface area contributed by atoms with Gasteiger partial charge in [-0.3, -0.25) is 9.48 Å². The summed E-state index contributed by atoms with van der Waals surface area (Å²) < 4.78 is 7.44. The van der Waals surface area contributed by atoms with Crippen molar-refractivity contribution in [3.8, 4) is 0 Å². The van der Waals surface area contributed by atoms with Crippen molar-refractivity contribution in [3.63, 3.8) is 0 Å². The van der Waals surface area contributed by atoms with Gasteiger partial charge in [-0.15, -0.1) is 0 Å². The molecule has 1 fully saturated rings. The van der Waals surface area contributed by atoms with E-state index >= 15 is 0 Å². The third-order valence-electron chi connectivity index (χ3n) is 3.74. The van der Waals surface area contributed by atoms with Crippen molar-refractivity contribution in [2.24, 2.45) is 13.0 Å². The van der Waals surface area contributed by atoms with E-state index in [1.54, 1.807) is 16.9 Å². The molecule has 0 bridgehead atoms. The van der Waals surface area contributed by atoms with Gasteiger partial charge in [0, 0.05) is 38.1 Å². The van der Waals surface area contributed by atoms with Gasteiger partial charge in [-0.25, -0.2) is 0 Å². The molecule has 0 aromatic carbocycles. The maximum Gasteiger partial charge on any atom is 0.226 e. The van der Waals surface area contributed by atoms with Crippen molar-refractivity contribution in [2.45, 2.75) is 32.1 Å². The van der Waals surface area contributed by atoms with Gasteiger partial charge in [0.2, 0.25) is 5.91 Å². The molecule has 0 saturated heterocycles. The topological polar surface area (TPSA) is 60.1 Å². The molecule has 0 spiro atoms. The van der Waals surface area contributed by atoms with E-state index in [1.807, 2.05) is 19.2 Å². The quantitative estimate of drug-likeness (QED) is 0.911. The number of furan rings is 1. The third kappa shape index (κ3) is 2.92. The molecule has 1 aliphatic carbocycles. The minimum absolute atomic E-state index is 0.0403. The van der Waals surface area contributed by atoms with E-state index in [1.165, 1.54) is 6.42 Å². The summed E-state index contributed by atoms with van der Waals surface area (Å²) in [6, 6.07) is 5.80. The number of rotatable bonds is 5. The average molecular weight is 273 g/mol. The number of nitrogens with zero attached hydrogens (tertiary/aromatic N) is 2. The summed E-state index contributed by atoms with van der Waals surface area (Å²) in [5, 5.41) is 6.88. The van der Waals surface area contributed by atoms with E-state index in [4.69, 9.17) is 4.42 Å². The molecule has 20 heavy (non-hydrogen) atoms. The summed E-state index contributed by atoms with van der Waals surface area (Å²) >= 11 is 0. The maximum absolute atomic E-state index is 11.8. The Morgan fingerprint density at radius 3 is 2.95 bits per heavy atom. The number of nitrogens with one attached hydrogen (secondary N) is 1. The molecule has 2 aromatic rings. The SMILES string of the molecule is C[C@H]1C[C@H]1c1ccc(CCC(=O)Nc2ccn(C)n2)o1. The highest BCUT2D eigenvalue weighted by atomic mass is 16.3. The molecule has 5 heteroatoms. The normalized spacial score (nSPS) is 20.9. The second-order valence-corrected chi connectivity index (χ2v) is 5.55. The maximum atomic E-state index is 11.8. The van der Waals surface area contributed by atoms with E-state index in [9.17, 15) is 4.79 Å². The van der Waals surface area contributed by atoms with Crippen LogP contribution in [-0.2, 0) is 18.3 Å².